The molecule has 0 radical (unpaired) electrons. The summed E-state index contributed by atoms with van der Waals surface area (Å²) >= 11 is 0. The van der Waals surface area contributed by atoms with Crippen LogP contribution in [-0.2, 0) is 4.74 Å². The van der Waals surface area contributed by atoms with Gasteiger partial charge in [-0.2, -0.15) is 5.10 Å². The summed E-state index contributed by atoms with van der Waals surface area (Å²) in [5.74, 6) is 1.64. The molecule has 2 heterocycles. The number of rotatable bonds is 1. The van der Waals surface area contributed by atoms with Crippen LogP contribution in [0.1, 0.15) is 17.7 Å². The third-order valence-corrected chi connectivity index (χ3v) is 1.85. The van der Waals surface area contributed by atoms with Crippen LogP contribution in [0, 0.1) is 6.92 Å². The molecule has 0 aromatic carbocycles. The minimum absolute atomic E-state index is 0. The Kier molecular flexibility index (Phi) is 3.65. The number of hydrogen-bond donors (Lipinski definition) is 2. The molecule has 2 N–H and O–H groups in total. The second kappa shape index (κ2) is 4.55. The quantitative estimate of drug-likeness (QED) is 0.686. The summed E-state index contributed by atoms with van der Waals surface area (Å²) in [5.41, 5.74) is 0. The number of aromatic nitrogens is 3. The molecule has 1 saturated heterocycles. The third kappa shape index (κ3) is 2.40. The SMILES string of the molecule is Cc1nc(C2COCCN2)n[nH]1.Cl. The van der Waals surface area contributed by atoms with Crippen LogP contribution in [0.15, 0.2) is 0 Å². The largest absolute Gasteiger partial charge is 0.378 e. The van der Waals surface area contributed by atoms with Crippen molar-refractivity contribution in [1.82, 2.24) is 20.5 Å². The first kappa shape index (κ1) is 10.4. The zero-order valence-electron chi connectivity index (χ0n) is 7.41. The molecule has 0 aliphatic carbocycles. The highest BCUT2D eigenvalue weighted by atomic mass is 35.5. The van der Waals surface area contributed by atoms with E-state index >= 15 is 0 Å². The van der Waals surface area contributed by atoms with Gasteiger partial charge in [0.1, 0.15) is 5.82 Å². The van der Waals surface area contributed by atoms with E-state index in [4.69, 9.17) is 4.74 Å². The van der Waals surface area contributed by atoms with Crippen LogP contribution in [0.5, 0.6) is 0 Å². The Bertz CT molecular complexity index is 259. The van der Waals surface area contributed by atoms with E-state index in [1.165, 1.54) is 0 Å². The van der Waals surface area contributed by atoms with Gasteiger partial charge in [0.2, 0.25) is 0 Å². The lowest BCUT2D eigenvalue weighted by Gasteiger charge is -2.20. The van der Waals surface area contributed by atoms with E-state index in [0.717, 1.165) is 24.8 Å². The van der Waals surface area contributed by atoms with Gasteiger partial charge in [0, 0.05) is 6.54 Å². The lowest BCUT2D eigenvalue weighted by atomic mass is 10.3. The Morgan fingerprint density at radius 3 is 2.92 bits per heavy atom. The van der Waals surface area contributed by atoms with Gasteiger partial charge in [0.15, 0.2) is 5.82 Å². The van der Waals surface area contributed by atoms with Gasteiger partial charge in [0.05, 0.1) is 19.3 Å². The van der Waals surface area contributed by atoms with Crippen LogP contribution < -0.4 is 5.32 Å². The summed E-state index contributed by atoms with van der Waals surface area (Å²) in [6.45, 7) is 4.20. The van der Waals surface area contributed by atoms with E-state index in [9.17, 15) is 0 Å². The Hall–Kier alpha value is -0.650. The molecule has 1 aromatic rings. The topological polar surface area (TPSA) is 62.8 Å². The van der Waals surface area contributed by atoms with Crippen molar-refractivity contribution in [3.05, 3.63) is 11.6 Å². The summed E-state index contributed by atoms with van der Waals surface area (Å²) in [5, 5.41) is 10.1. The Labute approximate surface area is 82.7 Å². The molecule has 2 rings (SSSR count). The summed E-state index contributed by atoms with van der Waals surface area (Å²) in [4.78, 5) is 4.23. The lowest BCUT2D eigenvalue weighted by molar-refractivity contribution is 0.0743. The maximum absolute atomic E-state index is 5.29. The fourth-order valence-electron chi connectivity index (χ4n) is 1.25. The molecule has 6 heteroatoms. The van der Waals surface area contributed by atoms with Crippen LogP contribution >= 0.6 is 12.4 Å². The minimum Gasteiger partial charge on any atom is -0.378 e. The summed E-state index contributed by atoms with van der Waals surface area (Å²) in [7, 11) is 0. The van der Waals surface area contributed by atoms with Crippen LogP contribution in [-0.4, -0.2) is 34.9 Å². The fourth-order valence-corrected chi connectivity index (χ4v) is 1.25. The first-order valence-corrected chi connectivity index (χ1v) is 4.06. The molecule has 1 fully saturated rings. The van der Waals surface area contributed by atoms with E-state index in [1.807, 2.05) is 6.92 Å². The molecule has 13 heavy (non-hydrogen) atoms. The van der Waals surface area contributed by atoms with E-state index in [-0.39, 0.29) is 18.4 Å². The van der Waals surface area contributed by atoms with Gasteiger partial charge in [-0.1, -0.05) is 0 Å². The van der Waals surface area contributed by atoms with Crippen molar-refractivity contribution in [2.24, 2.45) is 0 Å². The number of ether oxygens (including phenoxy) is 1. The normalized spacial score (nSPS) is 22.4. The van der Waals surface area contributed by atoms with E-state index in [2.05, 4.69) is 20.5 Å². The Morgan fingerprint density at radius 1 is 1.54 bits per heavy atom. The fraction of sp³-hybridized carbons (Fsp3) is 0.714. The summed E-state index contributed by atoms with van der Waals surface area (Å²) in [6.07, 6.45) is 0. The van der Waals surface area contributed by atoms with Gasteiger partial charge >= 0.3 is 0 Å². The molecule has 1 aliphatic heterocycles. The molecule has 0 spiro atoms. The molecule has 0 saturated carbocycles. The number of nitrogens with zero attached hydrogens (tertiary/aromatic N) is 2. The van der Waals surface area contributed by atoms with Gasteiger partial charge in [0.25, 0.3) is 0 Å². The number of aromatic amines is 1. The van der Waals surface area contributed by atoms with Crippen LogP contribution in [0.25, 0.3) is 0 Å². The van der Waals surface area contributed by atoms with Crippen LogP contribution in [0.2, 0.25) is 0 Å². The van der Waals surface area contributed by atoms with Crippen molar-refractivity contribution < 1.29 is 4.74 Å². The van der Waals surface area contributed by atoms with Gasteiger partial charge in [-0.05, 0) is 6.92 Å². The van der Waals surface area contributed by atoms with Crippen molar-refractivity contribution in [2.45, 2.75) is 13.0 Å². The standard InChI is InChI=1S/C7H12N4O.ClH/c1-5-9-7(11-10-5)6-4-12-3-2-8-6;/h6,8H,2-4H2,1H3,(H,9,10,11);1H. The Balaban J connectivity index is 0.000000845. The molecule has 0 amide bonds. The number of aryl methyl sites for hydroxylation is 1. The van der Waals surface area contributed by atoms with Crippen molar-refractivity contribution in [3.63, 3.8) is 0 Å². The first-order valence-electron chi connectivity index (χ1n) is 4.06. The van der Waals surface area contributed by atoms with Crippen molar-refractivity contribution in [3.8, 4) is 0 Å². The summed E-state index contributed by atoms with van der Waals surface area (Å²) in [6, 6.07) is 0.156. The molecule has 1 aliphatic rings. The third-order valence-electron chi connectivity index (χ3n) is 1.85. The molecule has 74 valence electrons. The lowest BCUT2D eigenvalue weighted by Crippen LogP contribution is -2.35. The average Bonchev–Trinajstić information content (AvgIpc) is 2.54. The maximum Gasteiger partial charge on any atom is 0.169 e. The van der Waals surface area contributed by atoms with Crippen molar-refractivity contribution in [1.29, 1.82) is 0 Å². The van der Waals surface area contributed by atoms with Crippen LogP contribution in [0.3, 0.4) is 0 Å². The highest BCUT2D eigenvalue weighted by Gasteiger charge is 2.18. The molecule has 5 nitrogen and oxygen atoms in total. The highest BCUT2D eigenvalue weighted by molar-refractivity contribution is 5.85. The molecule has 1 aromatic heterocycles. The number of morpholine rings is 1. The van der Waals surface area contributed by atoms with E-state index in [0.29, 0.717) is 6.61 Å². The van der Waals surface area contributed by atoms with Gasteiger partial charge < -0.3 is 10.1 Å². The predicted molar refractivity (Wildman–Crippen MR) is 49.9 cm³/mol. The summed E-state index contributed by atoms with van der Waals surface area (Å²) < 4.78 is 5.29. The predicted octanol–water partition coefficient (Wildman–Crippen LogP) is 0.196. The molecular weight excluding hydrogens is 192 g/mol. The molecular formula is C7H13ClN4O. The molecule has 0 bridgehead atoms. The molecule has 1 unspecified atom stereocenters. The minimum atomic E-state index is 0. The molecule has 1 atom stereocenters. The zero-order chi connectivity index (χ0) is 8.39. The first-order chi connectivity index (χ1) is 5.86. The average molecular weight is 205 g/mol. The van der Waals surface area contributed by atoms with Crippen molar-refractivity contribution in [2.75, 3.05) is 19.8 Å². The van der Waals surface area contributed by atoms with Crippen molar-refractivity contribution >= 4 is 12.4 Å². The maximum atomic E-state index is 5.29. The van der Waals surface area contributed by atoms with Gasteiger partial charge in [-0.25, -0.2) is 4.98 Å². The Morgan fingerprint density at radius 2 is 2.38 bits per heavy atom. The van der Waals surface area contributed by atoms with E-state index < -0.39 is 0 Å². The van der Waals surface area contributed by atoms with E-state index in [1.54, 1.807) is 0 Å². The number of hydrogen-bond acceptors (Lipinski definition) is 4. The highest BCUT2D eigenvalue weighted by Crippen LogP contribution is 2.09. The number of H-pyrrole nitrogens is 1. The number of halogens is 1. The zero-order valence-corrected chi connectivity index (χ0v) is 8.23. The number of nitrogens with one attached hydrogen (secondary N) is 2. The second-order valence-electron chi connectivity index (χ2n) is 2.86. The van der Waals surface area contributed by atoms with Gasteiger partial charge in [-0.3, -0.25) is 5.10 Å². The second-order valence-corrected chi connectivity index (χ2v) is 2.86. The van der Waals surface area contributed by atoms with Gasteiger partial charge in [-0.15, -0.1) is 12.4 Å². The van der Waals surface area contributed by atoms with Crippen LogP contribution in [0.4, 0.5) is 0 Å². The smallest absolute Gasteiger partial charge is 0.169 e. The monoisotopic (exact) mass is 204 g/mol.